The van der Waals surface area contributed by atoms with Gasteiger partial charge in [0.05, 0.1) is 6.20 Å². The maximum absolute atomic E-state index is 11.7. The molecule has 0 aliphatic heterocycles. The first-order valence-electron chi connectivity index (χ1n) is 5.63. The average molecular weight is 333 g/mol. The minimum atomic E-state index is -2.10. The Bertz CT molecular complexity index is 600. The van der Waals surface area contributed by atoms with Gasteiger partial charge < -0.3 is 4.74 Å². The topological polar surface area (TPSA) is 43.1 Å². The van der Waals surface area contributed by atoms with E-state index in [2.05, 4.69) is 9.72 Å². The Balaban J connectivity index is 2.14. The standard InChI is InChI=1S/C13H10Cl3N2O2/c14-13(15,16)20-12(19)11-9-18(7-6-17-11)8-10-4-2-1-3-5-10/h1-7,9H,8H2/q+1. The van der Waals surface area contributed by atoms with Crippen LogP contribution in [-0.4, -0.2) is 14.9 Å². The summed E-state index contributed by atoms with van der Waals surface area (Å²) in [5.74, 6) is -0.799. The molecule has 0 aliphatic carbocycles. The van der Waals surface area contributed by atoms with Gasteiger partial charge in [-0.3, -0.25) is 0 Å². The van der Waals surface area contributed by atoms with Gasteiger partial charge in [0.25, 0.3) is 0 Å². The van der Waals surface area contributed by atoms with Gasteiger partial charge in [-0.25, -0.2) is 9.78 Å². The van der Waals surface area contributed by atoms with Crippen LogP contribution in [0.1, 0.15) is 16.1 Å². The van der Waals surface area contributed by atoms with E-state index in [0.29, 0.717) is 6.54 Å². The van der Waals surface area contributed by atoms with E-state index < -0.39 is 9.95 Å². The lowest BCUT2D eigenvalue weighted by Gasteiger charge is -2.10. The van der Waals surface area contributed by atoms with Crippen LogP contribution in [0.25, 0.3) is 0 Å². The zero-order valence-corrected chi connectivity index (χ0v) is 12.4. The van der Waals surface area contributed by atoms with E-state index in [1.54, 1.807) is 10.8 Å². The molecule has 0 spiro atoms. The number of carbonyl (C=O) groups excluding carboxylic acids is 1. The van der Waals surface area contributed by atoms with Crippen LogP contribution in [-0.2, 0) is 11.3 Å². The summed E-state index contributed by atoms with van der Waals surface area (Å²) in [4.78, 5) is 15.6. The van der Waals surface area contributed by atoms with Crippen LogP contribution in [0.2, 0.25) is 0 Å². The SMILES string of the molecule is O=C(OC(Cl)(Cl)Cl)c1c[n+](Cc2ccccc2)ccn1. The van der Waals surface area contributed by atoms with Gasteiger partial charge in [-0.15, -0.1) is 0 Å². The van der Waals surface area contributed by atoms with Gasteiger partial charge in [0, 0.05) is 5.56 Å². The predicted molar refractivity (Wildman–Crippen MR) is 75.7 cm³/mol. The molecule has 0 saturated carbocycles. The number of nitrogens with zero attached hydrogens (tertiary/aromatic N) is 2. The Morgan fingerprint density at radius 1 is 1.25 bits per heavy atom. The summed E-state index contributed by atoms with van der Waals surface area (Å²) in [6, 6.07) is 9.77. The summed E-state index contributed by atoms with van der Waals surface area (Å²) >= 11 is 16.2. The van der Waals surface area contributed by atoms with Crippen molar-refractivity contribution in [3.63, 3.8) is 0 Å². The van der Waals surface area contributed by atoms with Crippen LogP contribution in [0.15, 0.2) is 48.9 Å². The van der Waals surface area contributed by atoms with Crippen LogP contribution in [0, 0.1) is 0 Å². The second kappa shape index (κ2) is 6.39. The Hall–Kier alpha value is -1.36. The third-order valence-electron chi connectivity index (χ3n) is 2.39. The van der Waals surface area contributed by atoms with E-state index in [-0.39, 0.29) is 5.69 Å². The van der Waals surface area contributed by atoms with E-state index in [4.69, 9.17) is 34.8 Å². The Kier molecular flexibility index (Phi) is 4.81. The smallest absolute Gasteiger partial charge is 0.366 e. The van der Waals surface area contributed by atoms with Gasteiger partial charge >= 0.3 is 9.95 Å². The highest BCUT2D eigenvalue weighted by atomic mass is 35.6. The van der Waals surface area contributed by atoms with E-state index in [9.17, 15) is 4.79 Å². The largest absolute Gasteiger partial charge is 0.410 e. The minimum absolute atomic E-state index is 0.0646. The molecule has 104 valence electrons. The molecule has 0 aliphatic rings. The fourth-order valence-electron chi connectivity index (χ4n) is 1.59. The van der Waals surface area contributed by atoms with E-state index in [1.807, 2.05) is 30.3 Å². The first kappa shape index (κ1) is 15.0. The molecule has 0 unspecified atom stereocenters. The van der Waals surface area contributed by atoms with Crippen molar-refractivity contribution in [1.82, 2.24) is 4.98 Å². The molecule has 0 amide bonds. The number of rotatable bonds is 3. The van der Waals surface area contributed by atoms with Crippen LogP contribution in [0.4, 0.5) is 0 Å². The number of carbonyl (C=O) groups is 1. The van der Waals surface area contributed by atoms with Gasteiger partial charge in [-0.2, -0.15) is 4.57 Å². The number of hydrogen-bond donors (Lipinski definition) is 0. The lowest BCUT2D eigenvalue weighted by Crippen LogP contribution is -2.35. The molecule has 2 rings (SSSR count). The Morgan fingerprint density at radius 2 is 1.95 bits per heavy atom. The summed E-state index contributed by atoms with van der Waals surface area (Å²) in [6.07, 6.45) is 4.75. The molecule has 0 atom stereocenters. The van der Waals surface area contributed by atoms with Crippen LogP contribution < -0.4 is 4.57 Å². The molecule has 20 heavy (non-hydrogen) atoms. The van der Waals surface area contributed by atoms with Crippen molar-refractivity contribution in [1.29, 1.82) is 0 Å². The lowest BCUT2D eigenvalue weighted by molar-refractivity contribution is -0.689. The van der Waals surface area contributed by atoms with Crippen molar-refractivity contribution in [2.75, 3.05) is 0 Å². The van der Waals surface area contributed by atoms with Crippen molar-refractivity contribution >= 4 is 40.8 Å². The van der Waals surface area contributed by atoms with Crippen molar-refractivity contribution in [3.05, 3.63) is 60.2 Å². The quantitative estimate of drug-likeness (QED) is 0.493. The fraction of sp³-hybridized carbons (Fsp3) is 0.154. The number of ether oxygens (including phenoxy) is 1. The highest BCUT2D eigenvalue weighted by Crippen LogP contribution is 2.28. The van der Waals surface area contributed by atoms with Gasteiger partial charge in [-0.1, -0.05) is 30.3 Å². The summed E-state index contributed by atoms with van der Waals surface area (Å²) in [5, 5.41) is 0. The molecule has 0 bridgehead atoms. The molecule has 0 N–H and O–H groups in total. The Labute approximate surface area is 130 Å². The van der Waals surface area contributed by atoms with E-state index in [1.165, 1.54) is 12.4 Å². The molecule has 1 heterocycles. The van der Waals surface area contributed by atoms with E-state index in [0.717, 1.165) is 5.56 Å². The highest BCUT2D eigenvalue weighted by Gasteiger charge is 2.27. The zero-order valence-electron chi connectivity index (χ0n) is 10.2. The van der Waals surface area contributed by atoms with Crippen molar-refractivity contribution < 1.29 is 14.1 Å². The molecule has 0 radical (unpaired) electrons. The normalized spacial score (nSPS) is 11.2. The summed E-state index contributed by atoms with van der Waals surface area (Å²) in [7, 11) is 0. The predicted octanol–water partition coefficient (Wildman–Crippen LogP) is 2.90. The molecule has 1 aromatic carbocycles. The minimum Gasteiger partial charge on any atom is -0.410 e. The third-order valence-corrected chi connectivity index (χ3v) is 2.62. The Morgan fingerprint density at radius 3 is 2.60 bits per heavy atom. The number of halogens is 3. The molecule has 1 aromatic heterocycles. The van der Waals surface area contributed by atoms with Gasteiger partial charge in [0.15, 0.2) is 12.7 Å². The first-order valence-corrected chi connectivity index (χ1v) is 6.76. The number of benzene rings is 1. The van der Waals surface area contributed by atoms with Crippen LogP contribution >= 0.6 is 34.8 Å². The number of hydrogen-bond acceptors (Lipinski definition) is 3. The lowest BCUT2D eigenvalue weighted by atomic mass is 10.2. The zero-order chi connectivity index (χ0) is 14.6. The molecule has 2 aromatic rings. The fourth-order valence-corrected chi connectivity index (χ4v) is 1.80. The monoisotopic (exact) mass is 331 g/mol. The van der Waals surface area contributed by atoms with Crippen molar-refractivity contribution in [2.24, 2.45) is 0 Å². The molecule has 7 heteroatoms. The molecular formula is C13H10Cl3N2O2+. The van der Waals surface area contributed by atoms with Crippen LogP contribution in [0.3, 0.4) is 0 Å². The molecular weight excluding hydrogens is 323 g/mol. The van der Waals surface area contributed by atoms with E-state index >= 15 is 0 Å². The first-order chi connectivity index (χ1) is 9.44. The number of alkyl halides is 3. The summed E-state index contributed by atoms with van der Waals surface area (Å²) < 4.78 is 4.30. The average Bonchev–Trinajstić information content (AvgIpc) is 2.38. The summed E-state index contributed by atoms with van der Waals surface area (Å²) in [6.45, 7) is 0.595. The third kappa shape index (κ3) is 4.63. The van der Waals surface area contributed by atoms with Crippen molar-refractivity contribution in [3.8, 4) is 0 Å². The summed E-state index contributed by atoms with van der Waals surface area (Å²) in [5.41, 5.74) is 1.15. The van der Waals surface area contributed by atoms with Crippen LogP contribution in [0.5, 0.6) is 0 Å². The number of esters is 1. The maximum Gasteiger partial charge on any atom is 0.366 e. The second-order valence-corrected chi connectivity index (χ2v) is 6.11. The second-order valence-electron chi connectivity index (χ2n) is 3.93. The molecule has 0 saturated heterocycles. The molecule has 4 nitrogen and oxygen atoms in total. The molecule has 0 fully saturated rings. The highest BCUT2D eigenvalue weighted by molar-refractivity contribution is 6.66. The number of aromatic nitrogens is 2. The maximum atomic E-state index is 11.7. The van der Waals surface area contributed by atoms with Gasteiger partial charge in [-0.05, 0) is 34.8 Å². The van der Waals surface area contributed by atoms with Gasteiger partial charge in [0.2, 0.25) is 11.9 Å². The van der Waals surface area contributed by atoms with Crippen molar-refractivity contribution in [2.45, 2.75) is 10.5 Å². The van der Waals surface area contributed by atoms with Gasteiger partial charge in [0.1, 0.15) is 0 Å².